The van der Waals surface area contributed by atoms with E-state index in [0.29, 0.717) is 30.2 Å². The van der Waals surface area contributed by atoms with Gasteiger partial charge in [0.15, 0.2) is 11.5 Å². The third-order valence-corrected chi connectivity index (χ3v) is 3.95. The van der Waals surface area contributed by atoms with Crippen LogP contribution in [0.5, 0.6) is 11.5 Å². The zero-order valence-corrected chi connectivity index (χ0v) is 12.7. The molecule has 0 radical (unpaired) electrons. The van der Waals surface area contributed by atoms with E-state index in [0.717, 1.165) is 12.8 Å². The molecule has 0 unspecified atom stereocenters. The zero-order valence-electron chi connectivity index (χ0n) is 12.7. The normalized spacial score (nSPS) is 18.9. The Balaban J connectivity index is 1.73. The minimum absolute atomic E-state index is 0.0262. The molecule has 0 spiro atoms. The SMILES string of the molecule is O=C(O)CCN(C[C@@H]1CCCO1)C(=O)c1ccc2c(c1)OCO2. The number of ether oxygens (including phenoxy) is 3. The Morgan fingerprint density at radius 2 is 2.09 bits per heavy atom. The maximum Gasteiger partial charge on any atom is 0.305 e. The fraction of sp³-hybridized carbons (Fsp3) is 0.500. The minimum atomic E-state index is -0.930. The molecule has 7 nitrogen and oxygen atoms in total. The summed E-state index contributed by atoms with van der Waals surface area (Å²) in [6.07, 6.45) is 1.73. The van der Waals surface area contributed by atoms with Gasteiger partial charge in [-0.05, 0) is 31.0 Å². The molecule has 1 fully saturated rings. The molecule has 1 amide bonds. The lowest BCUT2D eigenvalue weighted by Gasteiger charge is -2.25. The number of aliphatic carboxylic acids is 1. The van der Waals surface area contributed by atoms with Crippen LogP contribution in [0.3, 0.4) is 0 Å². The lowest BCUT2D eigenvalue weighted by molar-refractivity contribution is -0.137. The fourth-order valence-corrected chi connectivity index (χ4v) is 2.75. The van der Waals surface area contributed by atoms with Gasteiger partial charge in [-0.25, -0.2) is 0 Å². The highest BCUT2D eigenvalue weighted by Crippen LogP contribution is 2.32. The van der Waals surface area contributed by atoms with Gasteiger partial charge in [0.25, 0.3) is 5.91 Å². The molecule has 1 aromatic carbocycles. The number of nitrogens with zero attached hydrogens (tertiary/aromatic N) is 1. The van der Waals surface area contributed by atoms with Crippen molar-refractivity contribution in [1.29, 1.82) is 0 Å². The van der Waals surface area contributed by atoms with E-state index in [1.54, 1.807) is 23.1 Å². The van der Waals surface area contributed by atoms with Gasteiger partial charge in [0, 0.05) is 25.3 Å². The number of hydrogen-bond acceptors (Lipinski definition) is 5. The molecule has 1 saturated heterocycles. The monoisotopic (exact) mass is 321 g/mol. The summed E-state index contributed by atoms with van der Waals surface area (Å²) < 4.78 is 16.1. The van der Waals surface area contributed by atoms with Gasteiger partial charge in [0.05, 0.1) is 12.5 Å². The van der Waals surface area contributed by atoms with E-state index in [-0.39, 0.29) is 31.8 Å². The maximum atomic E-state index is 12.7. The van der Waals surface area contributed by atoms with Crippen molar-refractivity contribution >= 4 is 11.9 Å². The Kier molecular flexibility index (Phi) is 4.66. The number of rotatable bonds is 6. The molecule has 2 aliphatic heterocycles. The van der Waals surface area contributed by atoms with Crippen molar-refractivity contribution in [1.82, 2.24) is 4.90 Å². The molecule has 23 heavy (non-hydrogen) atoms. The van der Waals surface area contributed by atoms with Crippen molar-refractivity contribution in [3.05, 3.63) is 23.8 Å². The van der Waals surface area contributed by atoms with Gasteiger partial charge >= 0.3 is 5.97 Å². The number of fused-ring (bicyclic) bond motifs is 1. The lowest BCUT2D eigenvalue weighted by atomic mass is 10.1. The van der Waals surface area contributed by atoms with Crippen LogP contribution in [0.4, 0.5) is 0 Å². The number of amides is 1. The summed E-state index contributed by atoms with van der Waals surface area (Å²) >= 11 is 0. The molecule has 2 heterocycles. The zero-order chi connectivity index (χ0) is 16.2. The Bertz CT molecular complexity index is 596. The predicted molar refractivity (Wildman–Crippen MR) is 79.7 cm³/mol. The number of benzene rings is 1. The minimum Gasteiger partial charge on any atom is -0.481 e. The van der Waals surface area contributed by atoms with Gasteiger partial charge < -0.3 is 24.2 Å². The Labute approximate surface area is 133 Å². The largest absolute Gasteiger partial charge is 0.481 e. The molecule has 0 saturated carbocycles. The molecule has 0 aromatic heterocycles. The third-order valence-electron chi connectivity index (χ3n) is 3.95. The van der Waals surface area contributed by atoms with Crippen molar-refractivity contribution in [3.63, 3.8) is 0 Å². The lowest BCUT2D eigenvalue weighted by Crippen LogP contribution is -2.38. The number of carbonyl (C=O) groups is 2. The smallest absolute Gasteiger partial charge is 0.305 e. The Morgan fingerprint density at radius 1 is 1.26 bits per heavy atom. The molecule has 7 heteroatoms. The highest BCUT2D eigenvalue weighted by atomic mass is 16.7. The highest BCUT2D eigenvalue weighted by Gasteiger charge is 2.25. The highest BCUT2D eigenvalue weighted by molar-refractivity contribution is 5.95. The number of carboxylic acid groups (broad SMARTS) is 1. The summed E-state index contributed by atoms with van der Waals surface area (Å²) in [6, 6.07) is 4.99. The molecule has 0 bridgehead atoms. The summed E-state index contributed by atoms with van der Waals surface area (Å²) in [5.41, 5.74) is 0.456. The Morgan fingerprint density at radius 3 is 2.83 bits per heavy atom. The van der Waals surface area contributed by atoms with Crippen LogP contribution in [0.1, 0.15) is 29.6 Å². The standard InChI is InChI=1S/C16H19NO6/c18-15(19)5-6-17(9-12-2-1-7-21-12)16(20)11-3-4-13-14(8-11)23-10-22-13/h3-4,8,12H,1-2,5-7,9-10H2,(H,18,19)/t12-/m0/s1. The van der Waals surface area contributed by atoms with Crippen LogP contribution in [0.25, 0.3) is 0 Å². The van der Waals surface area contributed by atoms with Gasteiger partial charge in [-0.15, -0.1) is 0 Å². The van der Waals surface area contributed by atoms with E-state index >= 15 is 0 Å². The number of hydrogen-bond donors (Lipinski definition) is 1. The summed E-state index contributed by atoms with van der Waals surface area (Å²) in [5, 5.41) is 8.90. The fourth-order valence-electron chi connectivity index (χ4n) is 2.75. The van der Waals surface area contributed by atoms with Crippen molar-refractivity contribution < 1.29 is 28.9 Å². The van der Waals surface area contributed by atoms with Gasteiger partial charge in [0.2, 0.25) is 6.79 Å². The summed E-state index contributed by atoms with van der Waals surface area (Å²) in [6.45, 7) is 1.39. The average molecular weight is 321 g/mol. The first-order valence-electron chi connectivity index (χ1n) is 7.66. The molecule has 2 aliphatic rings. The maximum absolute atomic E-state index is 12.7. The van der Waals surface area contributed by atoms with Crippen LogP contribution in [-0.2, 0) is 9.53 Å². The van der Waals surface area contributed by atoms with Crippen LogP contribution >= 0.6 is 0 Å². The van der Waals surface area contributed by atoms with Crippen molar-refractivity contribution in [3.8, 4) is 11.5 Å². The van der Waals surface area contributed by atoms with Crippen LogP contribution in [-0.4, -0.2) is 54.5 Å². The Hall–Kier alpha value is -2.28. The molecule has 1 N–H and O–H groups in total. The topological polar surface area (TPSA) is 85.3 Å². The first-order valence-corrected chi connectivity index (χ1v) is 7.66. The van der Waals surface area contributed by atoms with E-state index in [9.17, 15) is 9.59 Å². The van der Waals surface area contributed by atoms with E-state index in [1.807, 2.05) is 0 Å². The molecule has 0 aliphatic carbocycles. The van der Waals surface area contributed by atoms with E-state index in [2.05, 4.69) is 0 Å². The number of carbonyl (C=O) groups excluding carboxylic acids is 1. The summed E-state index contributed by atoms with van der Waals surface area (Å²) in [7, 11) is 0. The first kappa shape index (κ1) is 15.6. The second-order valence-corrected chi connectivity index (χ2v) is 5.60. The third kappa shape index (κ3) is 3.73. The second kappa shape index (κ2) is 6.87. The van der Waals surface area contributed by atoms with Crippen LogP contribution in [0.15, 0.2) is 18.2 Å². The summed E-state index contributed by atoms with van der Waals surface area (Å²) in [4.78, 5) is 25.1. The van der Waals surface area contributed by atoms with Gasteiger partial charge in [0.1, 0.15) is 0 Å². The van der Waals surface area contributed by atoms with E-state index in [1.165, 1.54) is 0 Å². The van der Waals surface area contributed by atoms with Crippen LogP contribution in [0, 0.1) is 0 Å². The second-order valence-electron chi connectivity index (χ2n) is 5.60. The predicted octanol–water partition coefficient (Wildman–Crippen LogP) is 1.51. The quantitative estimate of drug-likeness (QED) is 0.855. The van der Waals surface area contributed by atoms with E-state index in [4.69, 9.17) is 19.3 Å². The van der Waals surface area contributed by atoms with Gasteiger partial charge in [-0.1, -0.05) is 0 Å². The van der Waals surface area contributed by atoms with Gasteiger partial charge in [-0.2, -0.15) is 0 Å². The van der Waals surface area contributed by atoms with Crippen molar-refractivity contribution in [2.24, 2.45) is 0 Å². The van der Waals surface area contributed by atoms with E-state index < -0.39 is 5.97 Å². The van der Waals surface area contributed by atoms with Crippen molar-refractivity contribution in [2.45, 2.75) is 25.4 Å². The van der Waals surface area contributed by atoms with Crippen molar-refractivity contribution in [2.75, 3.05) is 26.5 Å². The molecular weight excluding hydrogens is 302 g/mol. The number of carboxylic acids is 1. The molecule has 1 aromatic rings. The molecule has 1 atom stereocenters. The van der Waals surface area contributed by atoms with Gasteiger partial charge in [-0.3, -0.25) is 9.59 Å². The summed E-state index contributed by atoms with van der Waals surface area (Å²) in [5.74, 6) is -0.00945. The first-order chi connectivity index (χ1) is 11.1. The van der Waals surface area contributed by atoms with Crippen LogP contribution in [0.2, 0.25) is 0 Å². The van der Waals surface area contributed by atoms with Crippen LogP contribution < -0.4 is 9.47 Å². The molecule has 3 rings (SSSR count). The average Bonchev–Trinajstić information content (AvgIpc) is 3.20. The molecule has 124 valence electrons. The molecular formula is C16H19NO6.